The highest BCUT2D eigenvalue weighted by Gasteiger charge is 2.45. The maximum absolute atomic E-state index is 12.1. The number of carbonyl (C=O) groups is 1. The van der Waals surface area contributed by atoms with Crippen molar-refractivity contribution in [3.05, 3.63) is 0 Å². The van der Waals surface area contributed by atoms with Crippen LogP contribution >= 0.6 is 0 Å². The summed E-state index contributed by atoms with van der Waals surface area (Å²) in [5.41, 5.74) is 5.39. The predicted molar refractivity (Wildman–Crippen MR) is 69.0 cm³/mol. The molecule has 0 aromatic rings. The molecule has 4 heteroatoms. The highest BCUT2D eigenvalue weighted by molar-refractivity contribution is 5.77. The van der Waals surface area contributed by atoms with Gasteiger partial charge in [0.1, 0.15) is 0 Å². The molecule has 0 bridgehead atoms. The summed E-state index contributed by atoms with van der Waals surface area (Å²) in [4.78, 5) is 12.1. The molecule has 0 radical (unpaired) electrons. The highest BCUT2D eigenvalue weighted by Crippen LogP contribution is 2.44. The summed E-state index contributed by atoms with van der Waals surface area (Å²) in [6.07, 6.45) is 6.62. The molecule has 18 heavy (non-hydrogen) atoms. The van der Waals surface area contributed by atoms with Crippen molar-refractivity contribution in [2.45, 2.75) is 57.7 Å². The van der Waals surface area contributed by atoms with Crippen LogP contribution in [-0.4, -0.2) is 31.8 Å². The molecule has 2 fully saturated rings. The summed E-state index contributed by atoms with van der Waals surface area (Å²) in [5, 5.41) is 0. The summed E-state index contributed by atoms with van der Waals surface area (Å²) in [6, 6.07) is 0. The Morgan fingerprint density at radius 2 is 2.06 bits per heavy atom. The van der Waals surface area contributed by atoms with Crippen LogP contribution in [0, 0.1) is 11.3 Å². The maximum atomic E-state index is 12.1. The van der Waals surface area contributed by atoms with Crippen molar-refractivity contribution in [1.29, 1.82) is 0 Å². The van der Waals surface area contributed by atoms with Crippen molar-refractivity contribution in [2.24, 2.45) is 17.1 Å². The second kappa shape index (κ2) is 5.57. The van der Waals surface area contributed by atoms with Crippen molar-refractivity contribution in [3.8, 4) is 0 Å². The van der Waals surface area contributed by atoms with Gasteiger partial charge in [0.25, 0.3) is 0 Å². The van der Waals surface area contributed by atoms with Gasteiger partial charge in [-0.25, -0.2) is 0 Å². The van der Waals surface area contributed by atoms with Crippen LogP contribution in [0.5, 0.6) is 0 Å². The molecule has 3 atom stereocenters. The molecule has 3 unspecified atom stereocenters. The molecule has 2 N–H and O–H groups in total. The third kappa shape index (κ3) is 3.04. The lowest BCUT2D eigenvalue weighted by Crippen LogP contribution is -2.42. The van der Waals surface area contributed by atoms with E-state index in [0.29, 0.717) is 18.6 Å². The average Bonchev–Trinajstić information content (AvgIpc) is 3.09. The first-order valence-corrected chi connectivity index (χ1v) is 7.03. The van der Waals surface area contributed by atoms with E-state index in [4.69, 9.17) is 15.2 Å². The van der Waals surface area contributed by atoms with Crippen molar-refractivity contribution >= 4 is 5.97 Å². The number of methoxy groups -OCH3 is 1. The van der Waals surface area contributed by atoms with E-state index in [0.717, 1.165) is 25.7 Å². The largest absolute Gasteiger partial charge is 0.469 e. The van der Waals surface area contributed by atoms with E-state index in [2.05, 4.69) is 6.92 Å². The van der Waals surface area contributed by atoms with Crippen LogP contribution in [0.25, 0.3) is 0 Å². The van der Waals surface area contributed by atoms with Crippen molar-refractivity contribution in [1.82, 2.24) is 0 Å². The van der Waals surface area contributed by atoms with Crippen LogP contribution in [-0.2, 0) is 14.3 Å². The van der Waals surface area contributed by atoms with E-state index in [-0.39, 0.29) is 12.1 Å². The van der Waals surface area contributed by atoms with Gasteiger partial charge in [-0.15, -0.1) is 0 Å². The number of ether oxygens (including phenoxy) is 2. The van der Waals surface area contributed by atoms with Crippen LogP contribution in [0.3, 0.4) is 0 Å². The Morgan fingerprint density at radius 1 is 1.33 bits per heavy atom. The molecular formula is C14H25NO3. The lowest BCUT2D eigenvalue weighted by atomic mass is 9.77. The minimum absolute atomic E-state index is 0.153. The first-order valence-electron chi connectivity index (χ1n) is 7.03. The molecule has 1 aliphatic carbocycles. The fourth-order valence-corrected chi connectivity index (χ4v) is 3.06. The molecule has 0 aromatic heterocycles. The lowest BCUT2D eigenvalue weighted by Gasteiger charge is -2.32. The van der Waals surface area contributed by atoms with E-state index in [1.165, 1.54) is 20.0 Å². The molecule has 1 saturated heterocycles. The van der Waals surface area contributed by atoms with E-state index < -0.39 is 5.41 Å². The first kappa shape index (κ1) is 13.8. The maximum Gasteiger partial charge on any atom is 0.313 e. The second-order valence-corrected chi connectivity index (χ2v) is 5.97. The summed E-state index contributed by atoms with van der Waals surface area (Å²) >= 11 is 0. The second-order valence-electron chi connectivity index (χ2n) is 5.97. The van der Waals surface area contributed by atoms with Crippen LogP contribution in [0.15, 0.2) is 0 Å². The van der Waals surface area contributed by atoms with Gasteiger partial charge in [-0.1, -0.05) is 12.8 Å². The quantitative estimate of drug-likeness (QED) is 0.736. The Hall–Kier alpha value is -0.610. The number of rotatable bonds is 6. The molecular weight excluding hydrogens is 230 g/mol. The number of esters is 1. The van der Waals surface area contributed by atoms with E-state index in [1.807, 2.05) is 0 Å². The van der Waals surface area contributed by atoms with Gasteiger partial charge in [-0.2, -0.15) is 0 Å². The summed E-state index contributed by atoms with van der Waals surface area (Å²) in [7, 11) is 1.46. The topological polar surface area (TPSA) is 61.5 Å². The van der Waals surface area contributed by atoms with Gasteiger partial charge in [0.05, 0.1) is 24.7 Å². The third-order valence-electron chi connectivity index (χ3n) is 4.32. The third-order valence-corrected chi connectivity index (χ3v) is 4.32. The zero-order valence-corrected chi connectivity index (χ0v) is 11.5. The molecule has 104 valence electrons. The van der Waals surface area contributed by atoms with E-state index >= 15 is 0 Å². The Balaban J connectivity index is 2.04. The number of hydrogen-bond acceptors (Lipinski definition) is 4. The van der Waals surface area contributed by atoms with Gasteiger partial charge in [0, 0.05) is 6.54 Å². The Bertz CT molecular complexity index is 303. The van der Waals surface area contributed by atoms with E-state index in [9.17, 15) is 4.79 Å². The lowest BCUT2D eigenvalue weighted by molar-refractivity contribution is -0.155. The summed E-state index contributed by atoms with van der Waals surface area (Å²) in [6.45, 7) is 2.45. The molecule has 4 nitrogen and oxygen atoms in total. The van der Waals surface area contributed by atoms with Gasteiger partial charge in [0.15, 0.2) is 0 Å². The molecule has 1 aliphatic heterocycles. The molecule has 0 amide bonds. The minimum Gasteiger partial charge on any atom is -0.469 e. The van der Waals surface area contributed by atoms with Crippen LogP contribution < -0.4 is 5.73 Å². The SMILES string of the molecule is COC(=O)C(CN)(CC1CC1)CC1CCC(C)O1. The molecule has 1 saturated carbocycles. The standard InChI is InChI=1S/C14H25NO3/c1-10-3-6-12(18-10)8-14(9-15,13(16)17-2)7-11-4-5-11/h10-12H,3-9,15H2,1-2H3. The van der Waals surface area contributed by atoms with Gasteiger partial charge in [0.2, 0.25) is 0 Å². The zero-order chi connectivity index (χ0) is 13.2. The highest BCUT2D eigenvalue weighted by atomic mass is 16.5. The number of carbonyl (C=O) groups excluding carboxylic acids is 1. The van der Waals surface area contributed by atoms with Crippen molar-refractivity contribution in [2.75, 3.05) is 13.7 Å². The minimum atomic E-state index is -0.523. The Labute approximate surface area is 109 Å². The monoisotopic (exact) mass is 255 g/mol. The fourth-order valence-electron chi connectivity index (χ4n) is 3.06. The summed E-state index contributed by atoms with van der Waals surface area (Å²) in [5.74, 6) is 0.506. The van der Waals surface area contributed by atoms with Gasteiger partial charge >= 0.3 is 5.97 Å². The molecule has 1 heterocycles. The average molecular weight is 255 g/mol. The first-order chi connectivity index (χ1) is 8.59. The van der Waals surface area contributed by atoms with Crippen LogP contribution in [0.4, 0.5) is 0 Å². The van der Waals surface area contributed by atoms with Crippen LogP contribution in [0.1, 0.15) is 45.4 Å². The van der Waals surface area contributed by atoms with Crippen molar-refractivity contribution < 1.29 is 14.3 Å². The zero-order valence-electron chi connectivity index (χ0n) is 11.5. The molecule has 2 aliphatic rings. The molecule has 0 spiro atoms. The normalized spacial score (nSPS) is 31.1. The van der Waals surface area contributed by atoms with Gasteiger partial charge in [-0.3, -0.25) is 4.79 Å². The number of hydrogen-bond donors (Lipinski definition) is 1. The predicted octanol–water partition coefficient (Wildman–Crippen LogP) is 1.86. The fraction of sp³-hybridized carbons (Fsp3) is 0.929. The number of nitrogens with two attached hydrogens (primary N) is 1. The van der Waals surface area contributed by atoms with E-state index in [1.54, 1.807) is 0 Å². The summed E-state index contributed by atoms with van der Waals surface area (Å²) < 4.78 is 10.8. The Kier molecular flexibility index (Phi) is 4.28. The molecule has 0 aromatic carbocycles. The smallest absolute Gasteiger partial charge is 0.313 e. The van der Waals surface area contributed by atoms with Crippen molar-refractivity contribution in [3.63, 3.8) is 0 Å². The van der Waals surface area contributed by atoms with Gasteiger partial charge in [-0.05, 0) is 38.5 Å². The molecule has 2 rings (SSSR count). The van der Waals surface area contributed by atoms with Gasteiger partial charge < -0.3 is 15.2 Å². The Morgan fingerprint density at radius 3 is 2.50 bits per heavy atom. The van der Waals surface area contributed by atoms with Crippen LogP contribution in [0.2, 0.25) is 0 Å².